The van der Waals surface area contributed by atoms with E-state index in [1.165, 1.54) is 28.9 Å². The molecule has 2 bridgehead atoms. The Hall–Kier alpha value is -3.72. The molecule has 0 saturated carbocycles. The number of rotatable bonds is 4. The summed E-state index contributed by atoms with van der Waals surface area (Å²) in [6.45, 7) is 0.792. The molecule has 15 heteroatoms. The highest BCUT2D eigenvalue weighted by atomic mass is 32.2. The monoisotopic (exact) mass is 598 g/mol. The first-order valence-corrected chi connectivity index (χ1v) is 14.5. The summed E-state index contributed by atoms with van der Waals surface area (Å²) >= 11 is 0. The van der Waals surface area contributed by atoms with E-state index in [1.807, 2.05) is 0 Å². The number of hydrogen-bond donors (Lipinski definition) is 1. The Labute approximate surface area is 232 Å². The zero-order valence-electron chi connectivity index (χ0n) is 21.8. The summed E-state index contributed by atoms with van der Waals surface area (Å²) in [4.78, 5) is 42.4. The lowest BCUT2D eigenvalue weighted by molar-refractivity contribution is -0.171. The van der Waals surface area contributed by atoms with Gasteiger partial charge in [-0.15, -0.1) is 0 Å². The molecule has 0 aromatic heterocycles. The summed E-state index contributed by atoms with van der Waals surface area (Å²) in [6.07, 6.45) is -1.21. The van der Waals surface area contributed by atoms with Crippen molar-refractivity contribution in [2.24, 2.45) is 0 Å². The lowest BCUT2D eigenvalue weighted by atomic mass is 10.0. The largest absolute Gasteiger partial charge is 0.375 e. The molecule has 5 rings (SSSR count). The van der Waals surface area contributed by atoms with Gasteiger partial charge in [0.2, 0.25) is 0 Å². The number of carbonyl (C=O) groups is 3. The van der Waals surface area contributed by atoms with E-state index in [0.29, 0.717) is 12.1 Å². The Morgan fingerprint density at radius 2 is 1.68 bits per heavy atom. The molecular weight excluding hydrogens is 572 g/mol. The van der Waals surface area contributed by atoms with Crippen LogP contribution in [-0.2, 0) is 25.3 Å². The van der Waals surface area contributed by atoms with Crippen LogP contribution < -0.4 is 5.32 Å². The summed E-state index contributed by atoms with van der Waals surface area (Å²) < 4.78 is 88.5. The molecule has 3 aliphatic rings. The molecule has 2 atom stereocenters. The minimum atomic E-state index is -4.42. The van der Waals surface area contributed by atoms with E-state index < -0.39 is 63.0 Å². The molecule has 1 N–H and O–H groups in total. The van der Waals surface area contributed by atoms with Gasteiger partial charge in [0, 0.05) is 30.9 Å². The lowest BCUT2D eigenvalue weighted by Gasteiger charge is -2.38. The van der Waals surface area contributed by atoms with E-state index in [9.17, 15) is 31.6 Å². The Morgan fingerprint density at radius 3 is 2.37 bits per heavy atom. The molecule has 4 amide bonds. The normalized spacial score (nSPS) is 22.0. The average Bonchev–Trinajstić information content (AvgIpc) is 3.14. The highest BCUT2D eigenvalue weighted by molar-refractivity contribution is 7.91. The molecule has 3 saturated heterocycles. The fourth-order valence-corrected chi connectivity index (χ4v) is 6.35. The number of sulfone groups is 1. The van der Waals surface area contributed by atoms with Gasteiger partial charge in [0.25, 0.3) is 11.8 Å². The summed E-state index contributed by atoms with van der Waals surface area (Å²) in [7, 11) is -3.28. The van der Waals surface area contributed by atoms with Crippen LogP contribution in [0.1, 0.15) is 21.5 Å². The predicted octanol–water partition coefficient (Wildman–Crippen LogP) is 2.34. The van der Waals surface area contributed by atoms with Crippen molar-refractivity contribution in [2.75, 3.05) is 49.7 Å². The van der Waals surface area contributed by atoms with Crippen LogP contribution in [0.5, 0.6) is 0 Å². The first-order chi connectivity index (χ1) is 19.3. The molecule has 3 aliphatic heterocycles. The first kappa shape index (κ1) is 28.8. The SMILES string of the molecule is Cc1cc(NC(=O)c2ccc(F)c(C(F)(F)C(=O)N3C4COCC3N(C(=O)N3CCS(=O)(=O)CC3)C4)c2)ccc1F. The maximum absolute atomic E-state index is 15.7. The van der Waals surface area contributed by atoms with Crippen molar-refractivity contribution in [1.29, 1.82) is 0 Å². The Kier molecular flexibility index (Phi) is 7.44. The second-order valence-electron chi connectivity index (χ2n) is 10.1. The van der Waals surface area contributed by atoms with Crippen LogP contribution in [0.3, 0.4) is 0 Å². The van der Waals surface area contributed by atoms with Crippen LogP contribution in [0.4, 0.5) is 28.0 Å². The van der Waals surface area contributed by atoms with Crippen LogP contribution in [0.25, 0.3) is 0 Å². The highest BCUT2D eigenvalue weighted by Crippen LogP contribution is 2.38. The van der Waals surface area contributed by atoms with Gasteiger partial charge < -0.3 is 19.9 Å². The number of ether oxygens (including phenoxy) is 1. The van der Waals surface area contributed by atoms with Gasteiger partial charge in [-0.05, 0) is 48.9 Å². The Morgan fingerprint density at radius 1 is 1.00 bits per heavy atom. The Balaban J connectivity index is 1.36. The van der Waals surface area contributed by atoms with Crippen molar-refractivity contribution in [3.05, 3.63) is 64.7 Å². The van der Waals surface area contributed by atoms with E-state index in [0.717, 1.165) is 17.0 Å². The van der Waals surface area contributed by atoms with Gasteiger partial charge >= 0.3 is 12.0 Å². The van der Waals surface area contributed by atoms with Gasteiger partial charge in [0.05, 0.1) is 36.3 Å². The van der Waals surface area contributed by atoms with Crippen LogP contribution in [0.2, 0.25) is 0 Å². The molecule has 41 heavy (non-hydrogen) atoms. The molecule has 3 fully saturated rings. The third kappa shape index (κ3) is 5.47. The molecule has 10 nitrogen and oxygen atoms in total. The molecule has 2 aromatic rings. The summed E-state index contributed by atoms with van der Waals surface area (Å²) in [6, 6.07) is 4.37. The topological polar surface area (TPSA) is 116 Å². The molecule has 0 aliphatic carbocycles. The lowest BCUT2D eigenvalue weighted by Crippen LogP contribution is -2.58. The van der Waals surface area contributed by atoms with Gasteiger partial charge in [-0.3, -0.25) is 14.5 Å². The van der Waals surface area contributed by atoms with E-state index in [4.69, 9.17) is 4.74 Å². The molecule has 2 aromatic carbocycles. The summed E-state index contributed by atoms with van der Waals surface area (Å²) in [5, 5.41) is 2.42. The van der Waals surface area contributed by atoms with E-state index in [2.05, 4.69) is 5.32 Å². The van der Waals surface area contributed by atoms with Crippen molar-refractivity contribution in [3.8, 4) is 0 Å². The number of morpholine rings is 1. The molecule has 0 spiro atoms. The van der Waals surface area contributed by atoms with Crippen molar-refractivity contribution in [3.63, 3.8) is 0 Å². The number of carbonyl (C=O) groups excluding carboxylic acids is 3. The van der Waals surface area contributed by atoms with Crippen LogP contribution in [0, 0.1) is 18.6 Å². The third-order valence-electron chi connectivity index (χ3n) is 7.41. The third-order valence-corrected chi connectivity index (χ3v) is 9.01. The average molecular weight is 599 g/mol. The van der Waals surface area contributed by atoms with Crippen molar-refractivity contribution in [1.82, 2.24) is 14.7 Å². The molecule has 0 radical (unpaired) electrons. The van der Waals surface area contributed by atoms with Gasteiger partial charge in [0.1, 0.15) is 17.8 Å². The standard InChI is InChI=1S/C26H26F4N4O6S/c1-15-10-17(3-5-20(15)27)31-23(35)16-2-4-21(28)19(11-16)26(29,30)24(36)34-18-12-33(22(34)14-40-13-18)25(37)32-6-8-41(38,39)9-7-32/h2-5,10-11,18,22H,6-9,12-14H2,1H3,(H,31,35). The molecule has 2 unspecified atom stereocenters. The molecular formula is C26H26F4N4O6S. The van der Waals surface area contributed by atoms with E-state index in [-0.39, 0.29) is 61.2 Å². The minimum Gasteiger partial charge on any atom is -0.375 e. The fraction of sp³-hybridized carbons (Fsp3) is 0.423. The molecule has 3 heterocycles. The number of nitrogens with one attached hydrogen (secondary N) is 1. The van der Waals surface area contributed by atoms with Gasteiger partial charge in [-0.2, -0.15) is 8.78 Å². The van der Waals surface area contributed by atoms with Crippen molar-refractivity contribution >= 4 is 33.4 Å². The first-order valence-electron chi connectivity index (χ1n) is 12.7. The number of fused-ring (bicyclic) bond motifs is 2. The van der Waals surface area contributed by atoms with Gasteiger partial charge in [0.15, 0.2) is 9.84 Å². The van der Waals surface area contributed by atoms with Crippen molar-refractivity contribution in [2.45, 2.75) is 25.1 Å². The second-order valence-corrected chi connectivity index (χ2v) is 12.4. The summed E-state index contributed by atoms with van der Waals surface area (Å²) in [5.74, 6) is -9.46. The van der Waals surface area contributed by atoms with E-state index in [1.54, 1.807) is 0 Å². The number of urea groups is 1. The van der Waals surface area contributed by atoms with Gasteiger partial charge in [-0.25, -0.2) is 22.0 Å². The van der Waals surface area contributed by atoms with E-state index >= 15 is 8.78 Å². The molecule has 220 valence electrons. The number of aryl methyl sites for hydroxylation is 1. The second kappa shape index (κ2) is 10.6. The predicted molar refractivity (Wildman–Crippen MR) is 137 cm³/mol. The fourth-order valence-electron chi connectivity index (χ4n) is 5.15. The number of benzene rings is 2. The Bertz CT molecular complexity index is 1510. The van der Waals surface area contributed by atoms with Crippen LogP contribution in [-0.4, -0.2) is 97.5 Å². The highest BCUT2D eigenvalue weighted by Gasteiger charge is 2.56. The van der Waals surface area contributed by atoms with Gasteiger partial charge in [-0.1, -0.05) is 0 Å². The summed E-state index contributed by atoms with van der Waals surface area (Å²) in [5.41, 5.74) is -1.27. The van der Waals surface area contributed by atoms with Crippen molar-refractivity contribution < 1.29 is 45.1 Å². The number of anilines is 1. The maximum Gasteiger partial charge on any atom is 0.352 e. The quantitative estimate of drug-likeness (QED) is 0.541. The zero-order valence-corrected chi connectivity index (χ0v) is 22.6. The number of halogens is 4. The van der Waals surface area contributed by atoms with Crippen LogP contribution >= 0.6 is 0 Å². The number of amides is 4. The van der Waals surface area contributed by atoms with Crippen LogP contribution in [0.15, 0.2) is 36.4 Å². The number of alkyl halides is 2. The smallest absolute Gasteiger partial charge is 0.352 e. The minimum absolute atomic E-state index is 0.0719. The number of hydrogen-bond acceptors (Lipinski definition) is 6. The number of nitrogens with zero attached hydrogens (tertiary/aromatic N) is 3. The zero-order chi connectivity index (χ0) is 29.7. The maximum atomic E-state index is 15.7.